The van der Waals surface area contributed by atoms with E-state index in [0.29, 0.717) is 29.6 Å². The molecular weight excluding hydrogens is 274 g/mol. The summed E-state index contributed by atoms with van der Waals surface area (Å²) in [6.07, 6.45) is 2.53. The predicted octanol–water partition coefficient (Wildman–Crippen LogP) is 0.614. The van der Waals surface area contributed by atoms with Crippen LogP contribution in [0.3, 0.4) is 0 Å². The molecule has 0 aromatic heterocycles. The van der Waals surface area contributed by atoms with Gasteiger partial charge in [-0.25, -0.2) is 8.42 Å². The molecule has 0 radical (unpaired) electrons. The van der Waals surface area contributed by atoms with Gasteiger partial charge in [-0.2, -0.15) is 4.31 Å². The fourth-order valence-electron chi connectivity index (χ4n) is 2.81. The highest BCUT2D eigenvalue weighted by Crippen LogP contribution is 2.29. The van der Waals surface area contributed by atoms with Crippen molar-refractivity contribution in [2.24, 2.45) is 5.73 Å². The van der Waals surface area contributed by atoms with Crippen LogP contribution >= 0.6 is 0 Å². The fraction of sp³-hybridized carbons (Fsp3) is 0.571. The van der Waals surface area contributed by atoms with Gasteiger partial charge in [-0.1, -0.05) is 18.2 Å². The maximum absolute atomic E-state index is 12.7. The topological polar surface area (TPSA) is 66.6 Å². The summed E-state index contributed by atoms with van der Waals surface area (Å²) in [4.78, 5) is 2.77. The first-order valence-corrected chi connectivity index (χ1v) is 8.59. The van der Waals surface area contributed by atoms with E-state index in [1.165, 1.54) is 12.8 Å². The summed E-state index contributed by atoms with van der Waals surface area (Å²) >= 11 is 0. The van der Waals surface area contributed by atoms with Crippen LogP contribution in [0.1, 0.15) is 18.4 Å². The van der Waals surface area contributed by atoms with Crippen molar-refractivity contribution in [2.45, 2.75) is 30.3 Å². The van der Waals surface area contributed by atoms with E-state index < -0.39 is 10.0 Å². The molecule has 0 atom stereocenters. The van der Waals surface area contributed by atoms with Gasteiger partial charge in [0.25, 0.3) is 0 Å². The van der Waals surface area contributed by atoms with E-state index in [1.807, 2.05) is 6.07 Å². The third kappa shape index (κ3) is 2.61. The Bertz CT molecular complexity index is 576. The molecule has 5 nitrogen and oxygen atoms in total. The molecule has 1 saturated carbocycles. The highest BCUT2D eigenvalue weighted by molar-refractivity contribution is 7.89. The Morgan fingerprint density at radius 3 is 2.35 bits per heavy atom. The zero-order valence-electron chi connectivity index (χ0n) is 11.5. The van der Waals surface area contributed by atoms with E-state index >= 15 is 0 Å². The molecule has 2 fully saturated rings. The van der Waals surface area contributed by atoms with Gasteiger partial charge in [-0.15, -0.1) is 0 Å². The number of sulfonamides is 1. The highest BCUT2D eigenvalue weighted by Gasteiger charge is 2.35. The van der Waals surface area contributed by atoms with Gasteiger partial charge in [0.15, 0.2) is 0 Å². The summed E-state index contributed by atoms with van der Waals surface area (Å²) in [5, 5.41) is 0. The Hall–Kier alpha value is -0.950. The second-order valence-corrected chi connectivity index (χ2v) is 7.39. The van der Waals surface area contributed by atoms with Crippen LogP contribution in [0.2, 0.25) is 0 Å². The fourth-order valence-corrected chi connectivity index (χ4v) is 4.47. The van der Waals surface area contributed by atoms with Crippen molar-refractivity contribution in [1.29, 1.82) is 0 Å². The number of nitrogens with two attached hydrogens (primary N) is 1. The lowest BCUT2D eigenvalue weighted by molar-refractivity contribution is 0.180. The Morgan fingerprint density at radius 2 is 1.75 bits per heavy atom. The van der Waals surface area contributed by atoms with Crippen LogP contribution in [-0.4, -0.2) is 49.8 Å². The number of nitrogens with zero attached hydrogens (tertiary/aromatic N) is 2. The monoisotopic (exact) mass is 295 g/mol. The van der Waals surface area contributed by atoms with E-state index in [2.05, 4.69) is 4.90 Å². The van der Waals surface area contributed by atoms with Gasteiger partial charge in [0.2, 0.25) is 10.0 Å². The second-order valence-electron chi connectivity index (χ2n) is 5.48. The first-order valence-electron chi connectivity index (χ1n) is 7.15. The van der Waals surface area contributed by atoms with Crippen molar-refractivity contribution in [1.82, 2.24) is 9.21 Å². The van der Waals surface area contributed by atoms with Crippen LogP contribution in [0.25, 0.3) is 0 Å². The average Bonchev–Trinajstić information content (AvgIpc) is 3.32. The maximum atomic E-state index is 12.7. The molecule has 1 heterocycles. The average molecular weight is 295 g/mol. The molecule has 1 aromatic rings. The zero-order chi connectivity index (χ0) is 14.2. The quantitative estimate of drug-likeness (QED) is 0.884. The van der Waals surface area contributed by atoms with Gasteiger partial charge >= 0.3 is 0 Å². The lowest BCUT2D eigenvalue weighted by Crippen LogP contribution is -2.49. The molecule has 1 aromatic carbocycles. The molecule has 0 spiro atoms. The minimum Gasteiger partial charge on any atom is -0.326 e. The number of piperazine rings is 1. The molecule has 1 aliphatic heterocycles. The summed E-state index contributed by atoms with van der Waals surface area (Å²) in [6.45, 7) is 3.09. The van der Waals surface area contributed by atoms with E-state index in [0.717, 1.165) is 13.1 Å². The molecule has 3 rings (SSSR count). The van der Waals surface area contributed by atoms with Crippen LogP contribution in [0, 0.1) is 0 Å². The molecular formula is C14H21N3O2S. The van der Waals surface area contributed by atoms with Crippen LogP contribution in [0.15, 0.2) is 29.2 Å². The molecule has 0 unspecified atom stereocenters. The Kier molecular flexibility index (Phi) is 3.81. The van der Waals surface area contributed by atoms with Crippen molar-refractivity contribution in [2.75, 3.05) is 26.2 Å². The highest BCUT2D eigenvalue weighted by atomic mass is 32.2. The van der Waals surface area contributed by atoms with Crippen LogP contribution in [0.5, 0.6) is 0 Å². The minimum atomic E-state index is -3.41. The van der Waals surface area contributed by atoms with Gasteiger partial charge in [0, 0.05) is 38.8 Å². The second kappa shape index (κ2) is 5.44. The standard InChI is InChI=1S/C14H21N3O2S/c15-11-12-3-1-2-4-14(12)20(18,19)17-9-7-16(8-10-17)13-5-6-13/h1-4,13H,5-11,15H2. The Morgan fingerprint density at radius 1 is 1.10 bits per heavy atom. The van der Waals surface area contributed by atoms with Gasteiger partial charge in [0.1, 0.15) is 0 Å². The van der Waals surface area contributed by atoms with Crippen molar-refractivity contribution in [3.8, 4) is 0 Å². The van der Waals surface area contributed by atoms with E-state index in [9.17, 15) is 8.42 Å². The molecule has 6 heteroatoms. The third-order valence-corrected chi connectivity index (χ3v) is 6.15. The summed E-state index contributed by atoms with van der Waals surface area (Å²) < 4.78 is 27.0. The molecule has 0 bridgehead atoms. The predicted molar refractivity (Wildman–Crippen MR) is 77.7 cm³/mol. The molecule has 2 N–H and O–H groups in total. The largest absolute Gasteiger partial charge is 0.326 e. The first kappa shape index (κ1) is 14.0. The molecule has 1 aliphatic carbocycles. The maximum Gasteiger partial charge on any atom is 0.243 e. The lowest BCUT2D eigenvalue weighted by atomic mass is 10.2. The van der Waals surface area contributed by atoms with Crippen LogP contribution in [-0.2, 0) is 16.6 Å². The SMILES string of the molecule is NCc1ccccc1S(=O)(=O)N1CCN(C2CC2)CC1. The lowest BCUT2D eigenvalue weighted by Gasteiger charge is -2.34. The first-order chi connectivity index (χ1) is 9.63. The summed E-state index contributed by atoms with van der Waals surface area (Å²) in [5.74, 6) is 0. The number of hydrogen-bond acceptors (Lipinski definition) is 4. The van der Waals surface area contributed by atoms with Crippen molar-refractivity contribution in [3.05, 3.63) is 29.8 Å². The van der Waals surface area contributed by atoms with Crippen molar-refractivity contribution >= 4 is 10.0 Å². The Balaban J connectivity index is 1.78. The van der Waals surface area contributed by atoms with Crippen LogP contribution in [0.4, 0.5) is 0 Å². The minimum absolute atomic E-state index is 0.247. The summed E-state index contributed by atoms with van der Waals surface area (Å²) in [5.41, 5.74) is 6.35. The molecule has 110 valence electrons. The van der Waals surface area contributed by atoms with E-state index in [-0.39, 0.29) is 6.54 Å². The van der Waals surface area contributed by atoms with Crippen molar-refractivity contribution in [3.63, 3.8) is 0 Å². The van der Waals surface area contributed by atoms with Gasteiger partial charge in [0.05, 0.1) is 4.90 Å². The summed E-state index contributed by atoms with van der Waals surface area (Å²) in [7, 11) is -3.41. The number of rotatable bonds is 4. The van der Waals surface area contributed by atoms with Crippen LogP contribution < -0.4 is 5.73 Å². The zero-order valence-corrected chi connectivity index (χ0v) is 12.3. The molecule has 20 heavy (non-hydrogen) atoms. The molecule has 0 amide bonds. The number of hydrogen-bond donors (Lipinski definition) is 1. The molecule has 2 aliphatic rings. The smallest absolute Gasteiger partial charge is 0.243 e. The van der Waals surface area contributed by atoms with E-state index in [4.69, 9.17) is 5.73 Å². The Labute approximate surface area is 120 Å². The summed E-state index contributed by atoms with van der Waals surface area (Å²) in [6, 6.07) is 7.73. The number of benzene rings is 1. The third-order valence-electron chi connectivity index (χ3n) is 4.15. The van der Waals surface area contributed by atoms with Gasteiger partial charge in [-0.05, 0) is 24.5 Å². The van der Waals surface area contributed by atoms with Crippen molar-refractivity contribution < 1.29 is 8.42 Å². The van der Waals surface area contributed by atoms with Gasteiger partial charge < -0.3 is 5.73 Å². The molecule has 1 saturated heterocycles. The van der Waals surface area contributed by atoms with E-state index in [1.54, 1.807) is 22.5 Å². The normalized spacial score (nSPS) is 22.1. The van der Waals surface area contributed by atoms with Gasteiger partial charge in [-0.3, -0.25) is 4.90 Å².